The fourth-order valence-corrected chi connectivity index (χ4v) is 6.04. The largest absolute Gasteiger partial charge is 0.512 e. The molecule has 0 spiro atoms. The molecule has 207 valence electrons. The number of carbonyl (C=O) groups excluding carboxylic acids is 1. The quantitative estimate of drug-likeness (QED) is 0.131. The van der Waals surface area contributed by atoms with Crippen molar-refractivity contribution in [2.75, 3.05) is 0 Å². The molecule has 5 heteroatoms. The maximum Gasteiger partial charge on any atom is 0.162 e. The number of benzene rings is 2. The summed E-state index contributed by atoms with van der Waals surface area (Å²) in [7, 11) is 0. The second-order valence-electron chi connectivity index (χ2n) is 11.0. The van der Waals surface area contributed by atoms with Crippen LogP contribution in [0.5, 0.6) is 0 Å². The molecule has 2 aromatic heterocycles. The van der Waals surface area contributed by atoms with E-state index >= 15 is 0 Å². The number of rotatable bonds is 4. The predicted molar refractivity (Wildman–Crippen MR) is 154 cm³/mol. The Kier molecular flexibility index (Phi) is 10.2. The Bertz CT molecular complexity index is 1420. The van der Waals surface area contributed by atoms with Crippen molar-refractivity contribution in [2.45, 2.75) is 78.1 Å². The van der Waals surface area contributed by atoms with Crippen LogP contribution in [0.2, 0.25) is 0 Å². The van der Waals surface area contributed by atoms with E-state index in [1.165, 1.54) is 44.1 Å². The molecule has 0 atom stereocenters. The first kappa shape index (κ1) is 29.2. The number of ketones is 1. The number of furan rings is 1. The van der Waals surface area contributed by atoms with Crippen LogP contribution in [0.15, 0.2) is 65.0 Å². The molecule has 2 aliphatic carbocycles. The van der Waals surface area contributed by atoms with Crippen LogP contribution >= 0.6 is 0 Å². The molecule has 0 unspecified atom stereocenters. The minimum absolute atomic E-state index is 0. The number of fused-ring (bicyclic) bond motifs is 3. The van der Waals surface area contributed by atoms with Crippen molar-refractivity contribution in [3.05, 3.63) is 77.8 Å². The van der Waals surface area contributed by atoms with E-state index in [2.05, 4.69) is 32.0 Å². The third-order valence-electron chi connectivity index (χ3n) is 8.03. The number of hydrogen-bond acceptors (Lipinski definition) is 4. The van der Waals surface area contributed by atoms with Crippen LogP contribution in [0.1, 0.15) is 75.3 Å². The Morgan fingerprint density at radius 2 is 1.59 bits per heavy atom. The molecule has 2 aliphatic rings. The first-order valence-electron chi connectivity index (χ1n) is 14.2. The van der Waals surface area contributed by atoms with Crippen molar-refractivity contribution in [2.24, 2.45) is 11.8 Å². The smallest absolute Gasteiger partial charge is 0.162 e. The van der Waals surface area contributed by atoms with E-state index < -0.39 is 0 Å². The number of nitrogens with zero attached hydrogens (tertiary/aromatic N) is 1. The van der Waals surface area contributed by atoms with Crippen LogP contribution < -0.4 is 0 Å². The van der Waals surface area contributed by atoms with Crippen LogP contribution in [-0.4, -0.2) is 15.9 Å². The Balaban J connectivity index is 0.000000181. The fourth-order valence-electron chi connectivity index (χ4n) is 6.04. The van der Waals surface area contributed by atoms with Gasteiger partial charge in [-0.15, -0.1) is 34.9 Å². The first-order chi connectivity index (χ1) is 18.5. The van der Waals surface area contributed by atoms with Crippen LogP contribution in [0.4, 0.5) is 0 Å². The summed E-state index contributed by atoms with van der Waals surface area (Å²) in [5, 5.41) is 12.1. The van der Waals surface area contributed by atoms with Crippen molar-refractivity contribution >= 4 is 27.7 Å². The molecule has 4 aromatic rings. The summed E-state index contributed by atoms with van der Waals surface area (Å²) in [6, 6.07) is 17.7. The summed E-state index contributed by atoms with van der Waals surface area (Å²) in [5.74, 6) is 0.985. The molecule has 0 aliphatic heterocycles. The van der Waals surface area contributed by atoms with E-state index in [0.29, 0.717) is 5.76 Å². The molecule has 6 rings (SSSR count). The van der Waals surface area contributed by atoms with Gasteiger partial charge in [0, 0.05) is 48.8 Å². The summed E-state index contributed by atoms with van der Waals surface area (Å²) >= 11 is 0. The predicted octanol–water partition coefficient (Wildman–Crippen LogP) is 9.22. The van der Waals surface area contributed by atoms with Crippen LogP contribution in [-0.2, 0) is 24.9 Å². The standard InChI is InChI=1S/C19H14NO.C15H24O2.Ir/c1-12-9-13(2)11-14(10-12)18-16-7-8-21-19(16)15-5-3-4-6-17(15)20-18;16-14(12-7-3-1-4-8-12)11-15(17)13-9-5-2-6-10-13;/h3-10H,1-2H3;11-13,16H,1-10H2;/q-1;;/b;14-11-;. The molecular formula is C34H38IrNO3-. The number of aromatic nitrogens is 1. The fraction of sp³-hybridized carbons (Fsp3) is 0.412. The zero-order valence-corrected chi connectivity index (χ0v) is 25.4. The Hall–Kier alpha value is -2.75. The summed E-state index contributed by atoms with van der Waals surface area (Å²) in [6.07, 6.45) is 14.7. The van der Waals surface area contributed by atoms with Gasteiger partial charge >= 0.3 is 0 Å². The Labute approximate surface area is 245 Å². The molecule has 0 amide bonds. The topological polar surface area (TPSA) is 63.3 Å². The Morgan fingerprint density at radius 3 is 2.28 bits per heavy atom. The number of para-hydroxylation sites is 1. The minimum Gasteiger partial charge on any atom is -0.512 e. The van der Waals surface area contributed by atoms with Gasteiger partial charge in [-0.1, -0.05) is 64.5 Å². The zero-order valence-electron chi connectivity index (χ0n) is 23.0. The van der Waals surface area contributed by atoms with Gasteiger partial charge in [-0.2, -0.15) is 0 Å². The average molecular weight is 701 g/mol. The molecule has 2 fully saturated rings. The van der Waals surface area contributed by atoms with Gasteiger partial charge in [0.2, 0.25) is 0 Å². The molecule has 4 nitrogen and oxygen atoms in total. The van der Waals surface area contributed by atoms with Crippen molar-refractivity contribution < 1.29 is 34.4 Å². The number of pyridine rings is 1. The average Bonchev–Trinajstić information content (AvgIpc) is 3.44. The minimum atomic E-state index is 0. The van der Waals surface area contributed by atoms with Crippen molar-refractivity contribution in [3.63, 3.8) is 0 Å². The summed E-state index contributed by atoms with van der Waals surface area (Å²) in [4.78, 5) is 16.9. The van der Waals surface area contributed by atoms with Gasteiger partial charge in [-0.3, -0.25) is 9.78 Å². The molecule has 39 heavy (non-hydrogen) atoms. The second-order valence-corrected chi connectivity index (χ2v) is 11.0. The number of aryl methyl sites for hydroxylation is 2. The molecule has 0 bridgehead atoms. The number of carbonyl (C=O) groups is 1. The number of hydrogen-bond donors (Lipinski definition) is 1. The van der Waals surface area contributed by atoms with Gasteiger partial charge in [0.25, 0.3) is 0 Å². The Morgan fingerprint density at radius 1 is 0.923 bits per heavy atom. The van der Waals surface area contributed by atoms with Gasteiger partial charge in [0.15, 0.2) is 5.78 Å². The SMILES string of the molecule is Cc1[c-]c(-c2nc3ccccc3c3occc23)cc(C)c1.O=C(/C=C(\O)C1CCCCC1)C1CCCCC1.[Ir]. The van der Waals surface area contributed by atoms with Crippen molar-refractivity contribution in [3.8, 4) is 11.3 Å². The maximum atomic E-state index is 12.0. The molecule has 2 saturated carbocycles. The van der Waals surface area contributed by atoms with Crippen LogP contribution in [0.25, 0.3) is 33.1 Å². The van der Waals surface area contributed by atoms with Crippen LogP contribution in [0.3, 0.4) is 0 Å². The first-order valence-corrected chi connectivity index (χ1v) is 14.2. The van der Waals surface area contributed by atoms with Crippen molar-refractivity contribution in [1.82, 2.24) is 4.98 Å². The number of aliphatic hydroxyl groups is 1. The van der Waals surface area contributed by atoms with Crippen LogP contribution in [0, 0.1) is 31.7 Å². The molecule has 0 saturated heterocycles. The third kappa shape index (κ3) is 7.07. The van der Waals surface area contributed by atoms with Gasteiger partial charge < -0.3 is 9.52 Å². The third-order valence-corrected chi connectivity index (χ3v) is 8.03. The normalized spacial score (nSPS) is 16.9. The maximum absolute atomic E-state index is 12.0. The van der Waals surface area contributed by atoms with Gasteiger partial charge in [0.1, 0.15) is 5.58 Å². The van der Waals surface area contributed by atoms with Gasteiger partial charge in [-0.25, -0.2) is 0 Å². The van der Waals surface area contributed by atoms with Crippen molar-refractivity contribution in [1.29, 1.82) is 0 Å². The number of aliphatic hydroxyl groups excluding tert-OH is 1. The molecule has 1 radical (unpaired) electrons. The van der Waals surface area contributed by atoms with E-state index in [9.17, 15) is 9.90 Å². The van der Waals surface area contributed by atoms with Gasteiger partial charge in [-0.05, 0) is 49.6 Å². The summed E-state index contributed by atoms with van der Waals surface area (Å²) in [5.41, 5.74) is 6.13. The molecular weight excluding hydrogens is 663 g/mol. The number of allylic oxidation sites excluding steroid dienone is 2. The van der Waals surface area contributed by atoms with Gasteiger partial charge in [0.05, 0.1) is 17.5 Å². The summed E-state index contributed by atoms with van der Waals surface area (Å²) < 4.78 is 5.70. The molecule has 1 N–H and O–H groups in total. The van der Waals surface area contributed by atoms with E-state index in [1.807, 2.05) is 30.3 Å². The van der Waals surface area contributed by atoms with E-state index in [4.69, 9.17) is 9.40 Å². The van der Waals surface area contributed by atoms with E-state index in [0.717, 1.165) is 64.4 Å². The molecule has 2 heterocycles. The summed E-state index contributed by atoms with van der Waals surface area (Å²) in [6.45, 7) is 4.15. The monoisotopic (exact) mass is 701 g/mol. The molecule has 2 aromatic carbocycles. The second kappa shape index (κ2) is 13.5. The van der Waals surface area contributed by atoms with E-state index in [-0.39, 0.29) is 37.7 Å². The van der Waals surface area contributed by atoms with E-state index in [1.54, 1.807) is 12.3 Å². The zero-order chi connectivity index (χ0) is 26.5.